The summed E-state index contributed by atoms with van der Waals surface area (Å²) in [4.78, 5) is 57.3. The van der Waals surface area contributed by atoms with E-state index in [2.05, 4.69) is 20.6 Å². The number of aromatic amines is 1. The summed E-state index contributed by atoms with van der Waals surface area (Å²) < 4.78 is 76.0. The van der Waals surface area contributed by atoms with E-state index in [-0.39, 0.29) is 63.7 Å². The average molecular weight is 639 g/mol. The SMILES string of the molecule is O=C(Nc1ccc(-c2nc3ccc(NC(=O)C4CCN(C(=O)C(F)(F)F)CC4)cc3[nH]2)cc1)C1CCN(C(=O)C(F)(F)F)CC1. The number of amides is 4. The first-order valence-electron chi connectivity index (χ1n) is 14.1. The fourth-order valence-corrected chi connectivity index (χ4v) is 5.47. The maximum atomic E-state index is 12.7. The number of aromatic nitrogens is 2. The lowest BCUT2D eigenvalue weighted by Gasteiger charge is -2.31. The van der Waals surface area contributed by atoms with Crippen LogP contribution in [0.1, 0.15) is 25.7 Å². The van der Waals surface area contributed by atoms with Crippen molar-refractivity contribution in [1.82, 2.24) is 19.8 Å². The summed E-state index contributed by atoms with van der Waals surface area (Å²) in [5, 5.41) is 5.53. The van der Waals surface area contributed by atoms with Crippen LogP contribution in [0.4, 0.5) is 37.7 Å². The van der Waals surface area contributed by atoms with Gasteiger partial charge in [-0.25, -0.2) is 4.98 Å². The van der Waals surface area contributed by atoms with Crippen LogP contribution in [0.15, 0.2) is 42.5 Å². The molecule has 45 heavy (non-hydrogen) atoms. The summed E-state index contributed by atoms with van der Waals surface area (Å²) in [6.07, 6.45) is -9.42. The maximum Gasteiger partial charge on any atom is 0.471 e. The molecule has 0 spiro atoms. The fraction of sp³-hybridized carbons (Fsp3) is 0.414. The minimum Gasteiger partial charge on any atom is -0.338 e. The third kappa shape index (κ3) is 7.37. The maximum absolute atomic E-state index is 12.7. The molecule has 240 valence electrons. The number of carbonyl (C=O) groups is 4. The monoisotopic (exact) mass is 638 g/mol. The molecule has 16 heteroatoms. The van der Waals surface area contributed by atoms with E-state index in [0.717, 1.165) is 0 Å². The highest BCUT2D eigenvalue weighted by Gasteiger charge is 2.44. The zero-order valence-electron chi connectivity index (χ0n) is 23.6. The largest absolute Gasteiger partial charge is 0.471 e. The van der Waals surface area contributed by atoms with Gasteiger partial charge in [-0.2, -0.15) is 26.3 Å². The highest BCUT2D eigenvalue weighted by atomic mass is 19.4. The first-order chi connectivity index (χ1) is 21.2. The van der Waals surface area contributed by atoms with Gasteiger partial charge in [0.25, 0.3) is 0 Å². The number of alkyl halides is 6. The molecule has 0 bridgehead atoms. The molecule has 0 aliphatic carbocycles. The lowest BCUT2D eigenvalue weighted by atomic mass is 9.95. The summed E-state index contributed by atoms with van der Waals surface area (Å²) in [7, 11) is 0. The van der Waals surface area contributed by atoms with Gasteiger partial charge in [-0.15, -0.1) is 0 Å². The number of H-pyrrole nitrogens is 1. The van der Waals surface area contributed by atoms with Crippen molar-refractivity contribution in [3.8, 4) is 11.4 Å². The molecule has 2 aliphatic rings. The Hall–Kier alpha value is -4.63. The van der Waals surface area contributed by atoms with E-state index >= 15 is 0 Å². The van der Waals surface area contributed by atoms with E-state index in [4.69, 9.17) is 0 Å². The van der Waals surface area contributed by atoms with Crippen molar-refractivity contribution in [2.75, 3.05) is 36.8 Å². The Kier molecular flexibility index (Phi) is 8.76. The number of rotatable bonds is 5. The Morgan fingerprint density at radius 1 is 0.689 bits per heavy atom. The number of hydrogen-bond donors (Lipinski definition) is 3. The first kappa shape index (κ1) is 31.8. The third-order valence-electron chi connectivity index (χ3n) is 7.97. The van der Waals surface area contributed by atoms with Crippen LogP contribution in [0, 0.1) is 11.8 Å². The molecule has 3 heterocycles. The molecule has 10 nitrogen and oxygen atoms in total. The number of anilines is 2. The first-order valence-corrected chi connectivity index (χ1v) is 14.1. The molecule has 5 rings (SSSR count). The lowest BCUT2D eigenvalue weighted by Crippen LogP contribution is -2.46. The van der Waals surface area contributed by atoms with Gasteiger partial charge < -0.3 is 25.4 Å². The molecule has 0 radical (unpaired) electrons. The highest BCUT2D eigenvalue weighted by Crippen LogP contribution is 2.28. The molecule has 3 aromatic rings. The van der Waals surface area contributed by atoms with Crippen molar-refractivity contribution in [2.45, 2.75) is 38.0 Å². The van der Waals surface area contributed by atoms with Crippen LogP contribution in [0.3, 0.4) is 0 Å². The van der Waals surface area contributed by atoms with Crippen molar-refractivity contribution < 1.29 is 45.5 Å². The Bertz CT molecular complexity index is 1590. The number of nitrogens with zero attached hydrogens (tertiary/aromatic N) is 3. The van der Waals surface area contributed by atoms with Gasteiger partial charge >= 0.3 is 24.2 Å². The van der Waals surface area contributed by atoms with Crippen molar-refractivity contribution in [1.29, 1.82) is 0 Å². The number of carbonyl (C=O) groups excluding carboxylic acids is 4. The van der Waals surface area contributed by atoms with Crippen molar-refractivity contribution in [3.63, 3.8) is 0 Å². The topological polar surface area (TPSA) is 128 Å². The van der Waals surface area contributed by atoms with Crippen molar-refractivity contribution in [3.05, 3.63) is 42.5 Å². The van der Waals surface area contributed by atoms with Gasteiger partial charge in [0, 0.05) is 55.0 Å². The molecule has 2 saturated heterocycles. The molecule has 3 N–H and O–H groups in total. The minimum atomic E-state index is -4.94. The van der Waals surface area contributed by atoms with Gasteiger partial charge in [-0.3, -0.25) is 19.2 Å². The van der Waals surface area contributed by atoms with E-state index in [0.29, 0.717) is 43.6 Å². The minimum absolute atomic E-state index is 0.114. The Labute approximate surface area is 252 Å². The van der Waals surface area contributed by atoms with Gasteiger partial charge in [0.05, 0.1) is 11.0 Å². The van der Waals surface area contributed by atoms with Crippen LogP contribution < -0.4 is 10.6 Å². The Balaban J connectivity index is 1.15. The number of piperidine rings is 2. The van der Waals surface area contributed by atoms with Crippen molar-refractivity contribution >= 4 is 46.0 Å². The quantitative estimate of drug-likeness (QED) is 0.349. The number of imidazole rings is 1. The number of benzene rings is 2. The van der Waals surface area contributed by atoms with E-state index in [1.165, 1.54) is 0 Å². The molecule has 2 fully saturated rings. The second-order valence-corrected chi connectivity index (χ2v) is 11.0. The smallest absolute Gasteiger partial charge is 0.338 e. The lowest BCUT2D eigenvalue weighted by molar-refractivity contribution is -0.186. The number of halogens is 6. The Morgan fingerprint density at radius 2 is 1.13 bits per heavy atom. The zero-order valence-corrected chi connectivity index (χ0v) is 23.6. The second-order valence-electron chi connectivity index (χ2n) is 11.0. The van der Waals surface area contributed by atoms with Gasteiger partial charge in [-0.1, -0.05) is 0 Å². The van der Waals surface area contributed by atoms with Crippen LogP contribution in [-0.4, -0.2) is 81.9 Å². The molecule has 4 amide bonds. The van der Waals surface area contributed by atoms with Gasteiger partial charge in [-0.05, 0) is 68.1 Å². The van der Waals surface area contributed by atoms with Crippen LogP contribution in [0.25, 0.3) is 22.4 Å². The average Bonchev–Trinajstić information content (AvgIpc) is 3.43. The van der Waals surface area contributed by atoms with E-state index < -0.39 is 36.0 Å². The van der Waals surface area contributed by atoms with Gasteiger partial charge in [0.2, 0.25) is 11.8 Å². The van der Waals surface area contributed by atoms with Crippen LogP contribution in [0.2, 0.25) is 0 Å². The summed E-state index contributed by atoms with van der Waals surface area (Å²) in [5.41, 5.74) is 2.85. The molecule has 1 aromatic heterocycles. The van der Waals surface area contributed by atoms with E-state index in [1.54, 1.807) is 42.5 Å². The Morgan fingerprint density at radius 3 is 1.60 bits per heavy atom. The van der Waals surface area contributed by atoms with Crippen LogP contribution in [0.5, 0.6) is 0 Å². The van der Waals surface area contributed by atoms with E-state index in [1.807, 2.05) is 0 Å². The summed E-state index contributed by atoms with van der Waals surface area (Å²) >= 11 is 0. The van der Waals surface area contributed by atoms with Crippen LogP contribution >= 0.6 is 0 Å². The highest BCUT2D eigenvalue weighted by molar-refractivity contribution is 5.95. The van der Waals surface area contributed by atoms with Gasteiger partial charge in [0.15, 0.2) is 0 Å². The molecule has 2 aromatic carbocycles. The molecular formula is C29H28F6N6O4. The van der Waals surface area contributed by atoms with Crippen LogP contribution in [-0.2, 0) is 19.2 Å². The molecule has 2 aliphatic heterocycles. The predicted molar refractivity (Wildman–Crippen MR) is 150 cm³/mol. The third-order valence-corrected chi connectivity index (χ3v) is 7.97. The number of fused-ring (bicyclic) bond motifs is 1. The number of hydrogen-bond acceptors (Lipinski definition) is 5. The molecule has 0 unspecified atom stereocenters. The van der Waals surface area contributed by atoms with Gasteiger partial charge in [0.1, 0.15) is 5.82 Å². The van der Waals surface area contributed by atoms with Crippen molar-refractivity contribution in [2.24, 2.45) is 11.8 Å². The molecular weight excluding hydrogens is 610 g/mol. The summed E-state index contributed by atoms with van der Waals surface area (Å²) in [6.45, 7) is -0.622. The zero-order chi connectivity index (χ0) is 32.5. The number of nitrogens with one attached hydrogen (secondary N) is 3. The second kappa shape index (κ2) is 12.4. The van der Waals surface area contributed by atoms with E-state index in [9.17, 15) is 45.5 Å². The normalized spacial score (nSPS) is 16.9. The summed E-state index contributed by atoms with van der Waals surface area (Å²) in [5.74, 6) is -5.06. The fourth-order valence-electron chi connectivity index (χ4n) is 5.47. The predicted octanol–water partition coefficient (Wildman–Crippen LogP) is 4.71. The number of likely N-dealkylation sites (tertiary alicyclic amines) is 2. The standard InChI is InChI=1S/C29H28F6N6O4/c30-28(31,32)26(44)40-11-7-17(8-12-40)24(42)36-19-3-1-16(2-4-19)23-38-21-6-5-20(15-22(21)39-23)37-25(43)18-9-13-41(14-10-18)27(45)29(33,34)35/h1-6,15,17-18H,7-14H2,(H,36,42)(H,37,43)(H,38,39). The molecule has 0 atom stereocenters. The summed E-state index contributed by atoms with van der Waals surface area (Å²) in [6, 6.07) is 11.8. The molecule has 0 saturated carbocycles.